The van der Waals surface area contributed by atoms with Crippen LogP contribution < -0.4 is 5.73 Å². The summed E-state index contributed by atoms with van der Waals surface area (Å²) in [6.07, 6.45) is 7.50. The molecule has 96 valence electrons. The van der Waals surface area contributed by atoms with Gasteiger partial charge >= 0.3 is 0 Å². The van der Waals surface area contributed by atoms with E-state index in [0.717, 1.165) is 32.5 Å². The van der Waals surface area contributed by atoms with Crippen LogP contribution in [0.5, 0.6) is 0 Å². The molecule has 0 aromatic carbocycles. The molecule has 0 spiro atoms. The first-order valence-corrected chi connectivity index (χ1v) is 6.60. The molecule has 1 aliphatic rings. The van der Waals surface area contributed by atoms with Gasteiger partial charge < -0.3 is 15.2 Å². The van der Waals surface area contributed by atoms with Crippen LogP contribution in [0, 0.1) is 5.92 Å². The summed E-state index contributed by atoms with van der Waals surface area (Å²) < 4.78 is 10.8. The second kappa shape index (κ2) is 8.04. The zero-order valence-electron chi connectivity index (χ0n) is 10.8. The number of methoxy groups -OCH3 is 1. The minimum atomic E-state index is 0.292. The molecule has 1 fully saturated rings. The third kappa shape index (κ3) is 5.28. The first kappa shape index (κ1) is 13.9. The molecule has 3 unspecified atom stereocenters. The summed E-state index contributed by atoms with van der Waals surface area (Å²) in [6, 6.07) is 0.292. The highest BCUT2D eigenvalue weighted by atomic mass is 16.5. The normalized spacial score (nSPS) is 25.3. The monoisotopic (exact) mass is 229 g/mol. The molecule has 3 atom stereocenters. The maximum absolute atomic E-state index is 6.16. The Morgan fingerprint density at radius 3 is 2.81 bits per heavy atom. The molecule has 0 saturated carbocycles. The van der Waals surface area contributed by atoms with Crippen molar-refractivity contribution in [2.24, 2.45) is 11.7 Å². The first-order valence-electron chi connectivity index (χ1n) is 6.60. The van der Waals surface area contributed by atoms with Gasteiger partial charge in [0.1, 0.15) is 0 Å². The molecule has 3 nitrogen and oxygen atoms in total. The summed E-state index contributed by atoms with van der Waals surface area (Å²) in [5.74, 6) is 0.545. The molecule has 0 aliphatic carbocycles. The van der Waals surface area contributed by atoms with Crippen LogP contribution in [0.25, 0.3) is 0 Å². The lowest BCUT2D eigenvalue weighted by atomic mass is 9.93. The summed E-state index contributed by atoms with van der Waals surface area (Å²) in [6.45, 7) is 3.97. The Bertz CT molecular complexity index is 169. The van der Waals surface area contributed by atoms with E-state index in [9.17, 15) is 0 Å². The second-order valence-corrected chi connectivity index (χ2v) is 4.99. The Morgan fingerprint density at radius 1 is 1.38 bits per heavy atom. The van der Waals surface area contributed by atoms with Gasteiger partial charge in [0.25, 0.3) is 0 Å². The highest BCUT2D eigenvalue weighted by Crippen LogP contribution is 2.19. The molecule has 1 rings (SSSR count). The van der Waals surface area contributed by atoms with Crippen LogP contribution >= 0.6 is 0 Å². The van der Waals surface area contributed by atoms with Gasteiger partial charge in [-0.05, 0) is 44.4 Å². The molecule has 16 heavy (non-hydrogen) atoms. The van der Waals surface area contributed by atoms with Crippen molar-refractivity contribution in [2.75, 3.05) is 20.3 Å². The molecular weight excluding hydrogens is 202 g/mol. The van der Waals surface area contributed by atoms with Gasteiger partial charge in [0, 0.05) is 26.4 Å². The van der Waals surface area contributed by atoms with E-state index in [1.54, 1.807) is 7.11 Å². The average molecular weight is 229 g/mol. The number of rotatable bonds is 7. The minimum Gasteiger partial charge on any atom is -0.385 e. The fraction of sp³-hybridized carbons (Fsp3) is 1.00. The molecule has 1 heterocycles. The van der Waals surface area contributed by atoms with Crippen LogP contribution in [0.1, 0.15) is 45.4 Å². The van der Waals surface area contributed by atoms with Gasteiger partial charge in [0.05, 0.1) is 6.10 Å². The highest BCUT2D eigenvalue weighted by Gasteiger charge is 2.17. The van der Waals surface area contributed by atoms with E-state index in [1.807, 2.05) is 0 Å². The number of ether oxygens (including phenoxy) is 2. The van der Waals surface area contributed by atoms with Crippen molar-refractivity contribution in [1.29, 1.82) is 0 Å². The fourth-order valence-corrected chi connectivity index (χ4v) is 2.22. The molecule has 0 amide bonds. The Kier molecular flexibility index (Phi) is 7.01. The van der Waals surface area contributed by atoms with E-state index in [1.165, 1.54) is 19.3 Å². The standard InChI is InChI=1S/C13H27NO2/c1-11(8-10-15-2)13(14)7-6-12-5-3-4-9-16-12/h11-13H,3-10,14H2,1-2H3. The number of hydrogen-bond acceptors (Lipinski definition) is 3. The third-order valence-electron chi connectivity index (χ3n) is 3.60. The van der Waals surface area contributed by atoms with E-state index in [2.05, 4.69) is 6.92 Å². The fourth-order valence-electron chi connectivity index (χ4n) is 2.22. The minimum absolute atomic E-state index is 0.292. The van der Waals surface area contributed by atoms with Crippen molar-refractivity contribution in [3.05, 3.63) is 0 Å². The Labute approximate surface area is 99.7 Å². The maximum atomic E-state index is 6.16. The van der Waals surface area contributed by atoms with E-state index >= 15 is 0 Å². The highest BCUT2D eigenvalue weighted by molar-refractivity contribution is 4.73. The molecule has 3 heteroatoms. The molecule has 0 bridgehead atoms. The smallest absolute Gasteiger partial charge is 0.0575 e. The first-order chi connectivity index (χ1) is 7.74. The largest absolute Gasteiger partial charge is 0.385 e. The molecule has 0 aromatic heterocycles. The summed E-state index contributed by atoms with van der Waals surface area (Å²) in [7, 11) is 1.74. The zero-order valence-corrected chi connectivity index (χ0v) is 10.8. The maximum Gasteiger partial charge on any atom is 0.0575 e. The summed E-state index contributed by atoms with van der Waals surface area (Å²) in [4.78, 5) is 0. The number of hydrogen-bond donors (Lipinski definition) is 1. The van der Waals surface area contributed by atoms with Crippen molar-refractivity contribution < 1.29 is 9.47 Å². The summed E-state index contributed by atoms with van der Waals surface area (Å²) >= 11 is 0. The molecular formula is C13H27NO2. The predicted molar refractivity (Wildman–Crippen MR) is 66.5 cm³/mol. The Balaban J connectivity index is 2.10. The van der Waals surface area contributed by atoms with Crippen molar-refractivity contribution in [2.45, 2.75) is 57.6 Å². The molecule has 2 N–H and O–H groups in total. The van der Waals surface area contributed by atoms with Gasteiger partial charge in [-0.2, -0.15) is 0 Å². The SMILES string of the molecule is COCCC(C)C(N)CCC1CCCCO1. The van der Waals surface area contributed by atoms with E-state index in [4.69, 9.17) is 15.2 Å². The van der Waals surface area contributed by atoms with Crippen molar-refractivity contribution >= 4 is 0 Å². The van der Waals surface area contributed by atoms with Crippen LogP contribution in [-0.2, 0) is 9.47 Å². The quantitative estimate of drug-likeness (QED) is 0.728. The third-order valence-corrected chi connectivity index (χ3v) is 3.60. The van der Waals surface area contributed by atoms with E-state index < -0.39 is 0 Å². The van der Waals surface area contributed by atoms with Gasteiger partial charge in [-0.1, -0.05) is 6.92 Å². The van der Waals surface area contributed by atoms with Crippen LogP contribution in [0.15, 0.2) is 0 Å². The van der Waals surface area contributed by atoms with Gasteiger partial charge in [0.15, 0.2) is 0 Å². The van der Waals surface area contributed by atoms with E-state index in [-0.39, 0.29) is 0 Å². The average Bonchev–Trinajstić information content (AvgIpc) is 2.34. The van der Waals surface area contributed by atoms with Crippen LogP contribution in [0.3, 0.4) is 0 Å². The Morgan fingerprint density at radius 2 is 2.19 bits per heavy atom. The molecule has 0 aromatic rings. The Hall–Kier alpha value is -0.120. The topological polar surface area (TPSA) is 44.5 Å². The van der Waals surface area contributed by atoms with Gasteiger partial charge in [-0.15, -0.1) is 0 Å². The van der Waals surface area contributed by atoms with Gasteiger partial charge in [0.2, 0.25) is 0 Å². The van der Waals surface area contributed by atoms with Crippen LogP contribution in [0.4, 0.5) is 0 Å². The van der Waals surface area contributed by atoms with Crippen LogP contribution in [0.2, 0.25) is 0 Å². The summed E-state index contributed by atoms with van der Waals surface area (Å²) in [5, 5.41) is 0. The summed E-state index contributed by atoms with van der Waals surface area (Å²) in [5.41, 5.74) is 6.16. The predicted octanol–water partition coefficient (Wildman–Crippen LogP) is 2.34. The van der Waals surface area contributed by atoms with Crippen LogP contribution in [-0.4, -0.2) is 32.5 Å². The van der Waals surface area contributed by atoms with Crippen molar-refractivity contribution in [3.63, 3.8) is 0 Å². The second-order valence-electron chi connectivity index (χ2n) is 4.99. The van der Waals surface area contributed by atoms with Gasteiger partial charge in [-0.25, -0.2) is 0 Å². The lowest BCUT2D eigenvalue weighted by Crippen LogP contribution is -2.31. The van der Waals surface area contributed by atoms with Crippen molar-refractivity contribution in [1.82, 2.24) is 0 Å². The van der Waals surface area contributed by atoms with Crippen molar-refractivity contribution in [3.8, 4) is 0 Å². The zero-order chi connectivity index (χ0) is 11.8. The molecule has 1 saturated heterocycles. The molecule has 0 radical (unpaired) electrons. The number of nitrogens with two attached hydrogens (primary N) is 1. The molecule has 1 aliphatic heterocycles. The lowest BCUT2D eigenvalue weighted by molar-refractivity contribution is 0.00816. The van der Waals surface area contributed by atoms with E-state index in [0.29, 0.717) is 18.1 Å². The van der Waals surface area contributed by atoms with Gasteiger partial charge in [-0.3, -0.25) is 0 Å². The lowest BCUT2D eigenvalue weighted by Gasteiger charge is -2.25.